The van der Waals surface area contributed by atoms with E-state index in [9.17, 15) is 0 Å². The first-order chi connectivity index (χ1) is 9.20. The third kappa shape index (κ3) is 4.40. The van der Waals surface area contributed by atoms with Crippen molar-refractivity contribution >= 4 is 23.4 Å². The van der Waals surface area contributed by atoms with Crippen molar-refractivity contribution in [2.45, 2.75) is 50.5 Å². The van der Waals surface area contributed by atoms with Gasteiger partial charge in [0.05, 0.1) is 0 Å². The van der Waals surface area contributed by atoms with Crippen molar-refractivity contribution in [3.05, 3.63) is 28.8 Å². The van der Waals surface area contributed by atoms with Gasteiger partial charge in [0.1, 0.15) is 0 Å². The molecule has 0 saturated heterocycles. The van der Waals surface area contributed by atoms with Gasteiger partial charge in [-0.05, 0) is 49.9 Å². The van der Waals surface area contributed by atoms with Crippen LogP contribution in [-0.4, -0.2) is 12.3 Å². The zero-order chi connectivity index (χ0) is 13.7. The number of hydrogen-bond acceptors (Lipinski definition) is 2. The van der Waals surface area contributed by atoms with Crippen LogP contribution in [0.15, 0.2) is 23.1 Å². The summed E-state index contributed by atoms with van der Waals surface area (Å²) < 4.78 is 0. The minimum Gasteiger partial charge on any atom is -0.310 e. The first kappa shape index (κ1) is 15.2. The fourth-order valence-electron chi connectivity index (χ4n) is 2.76. The van der Waals surface area contributed by atoms with Gasteiger partial charge in [-0.15, -0.1) is 11.8 Å². The normalized spacial score (nSPS) is 17.8. The Bertz CT molecular complexity index is 402. The minimum atomic E-state index is 0.325. The monoisotopic (exact) mass is 297 g/mol. The van der Waals surface area contributed by atoms with Crippen LogP contribution >= 0.6 is 23.4 Å². The fourth-order valence-corrected chi connectivity index (χ4v) is 4.29. The lowest BCUT2D eigenvalue weighted by Gasteiger charge is -2.15. The topological polar surface area (TPSA) is 12.0 Å². The molecule has 1 fully saturated rings. The quantitative estimate of drug-likeness (QED) is 0.716. The number of nitrogens with one attached hydrogen (secondary N) is 1. The second-order valence-electron chi connectivity index (χ2n) is 5.42. The Hall–Kier alpha value is -0.180. The number of hydrogen-bond donors (Lipinski definition) is 1. The van der Waals surface area contributed by atoms with Crippen LogP contribution in [0.1, 0.15) is 51.1 Å². The van der Waals surface area contributed by atoms with E-state index in [-0.39, 0.29) is 0 Å². The summed E-state index contributed by atoms with van der Waals surface area (Å²) >= 11 is 8.36. The molecule has 106 valence electrons. The zero-order valence-corrected chi connectivity index (χ0v) is 13.5. The van der Waals surface area contributed by atoms with E-state index in [0.717, 1.165) is 17.5 Å². The van der Waals surface area contributed by atoms with E-state index in [0.29, 0.717) is 6.04 Å². The van der Waals surface area contributed by atoms with E-state index in [2.05, 4.69) is 37.4 Å². The standard InChI is InChI=1S/C16H24ClNS/c1-3-18-12(2)15-9-8-14(10-16(15)17)19-11-13-6-4-5-7-13/h8-10,12-13,18H,3-7,11H2,1-2H3. The molecule has 3 heteroatoms. The van der Waals surface area contributed by atoms with Crippen molar-refractivity contribution in [1.82, 2.24) is 5.32 Å². The van der Waals surface area contributed by atoms with Crippen molar-refractivity contribution in [1.29, 1.82) is 0 Å². The van der Waals surface area contributed by atoms with Crippen LogP contribution in [0.4, 0.5) is 0 Å². The maximum atomic E-state index is 6.40. The zero-order valence-electron chi connectivity index (χ0n) is 11.9. The highest BCUT2D eigenvalue weighted by Gasteiger charge is 2.15. The number of benzene rings is 1. The molecule has 0 spiro atoms. The van der Waals surface area contributed by atoms with Crippen LogP contribution in [0, 0.1) is 5.92 Å². The molecule has 1 atom stereocenters. The fraction of sp³-hybridized carbons (Fsp3) is 0.625. The highest BCUT2D eigenvalue weighted by atomic mass is 35.5. The minimum absolute atomic E-state index is 0.325. The van der Waals surface area contributed by atoms with E-state index in [1.165, 1.54) is 41.9 Å². The van der Waals surface area contributed by atoms with Gasteiger partial charge in [-0.1, -0.05) is 37.4 Å². The van der Waals surface area contributed by atoms with Crippen molar-refractivity contribution < 1.29 is 0 Å². The van der Waals surface area contributed by atoms with Crippen LogP contribution in [0.25, 0.3) is 0 Å². The highest BCUT2D eigenvalue weighted by molar-refractivity contribution is 7.99. The Morgan fingerprint density at radius 1 is 1.37 bits per heavy atom. The van der Waals surface area contributed by atoms with Gasteiger partial charge in [0.2, 0.25) is 0 Å². The molecule has 1 aliphatic carbocycles. The molecular weight excluding hydrogens is 274 g/mol. The van der Waals surface area contributed by atoms with Crippen LogP contribution in [0.5, 0.6) is 0 Å². The van der Waals surface area contributed by atoms with E-state index in [1.807, 2.05) is 11.8 Å². The van der Waals surface area contributed by atoms with Crippen molar-refractivity contribution in [2.75, 3.05) is 12.3 Å². The summed E-state index contributed by atoms with van der Waals surface area (Å²) in [5.74, 6) is 2.17. The Morgan fingerprint density at radius 3 is 2.74 bits per heavy atom. The molecule has 1 nitrogen and oxygen atoms in total. The second-order valence-corrected chi connectivity index (χ2v) is 6.92. The molecule has 0 aromatic heterocycles. The van der Waals surface area contributed by atoms with E-state index in [1.54, 1.807) is 0 Å². The average Bonchev–Trinajstić information content (AvgIpc) is 2.89. The largest absolute Gasteiger partial charge is 0.310 e. The molecular formula is C16H24ClNS. The van der Waals surface area contributed by atoms with Crippen molar-refractivity contribution in [3.8, 4) is 0 Å². The lowest BCUT2D eigenvalue weighted by Crippen LogP contribution is -2.17. The smallest absolute Gasteiger partial charge is 0.0464 e. The molecule has 19 heavy (non-hydrogen) atoms. The Labute approximate surface area is 126 Å². The van der Waals surface area contributed by atoms with Gasteiger partial charge in [-0.2, -0.15) is 0 Å². The summed E-state index contributed by atoms with van der Waals surface area (Å²) in [6.07, 6.45) is 5.67. The average molecular weight is 298 g/mol. The van der Waals surface area contributed by atoms with Crippen molar-refractivity contribution in [2.24, 2.45) is 5.92 Å². The molecule has 1 saturated carbocycles. The van der Waals surface area contributed by atoms with Crippen LogP contribution in [0.2, 0.25) is 5.02 Å². The van der Waals surface area contributed by atoms with E-state index >= 15 is 0 Å². The first-order valence-electron chi connectivity index (χ1n) is 7.36. The van der Waals surface area contributed by atoms with Gasteiger partial charge < -0.3 is 5.32 Å². The van der Waals surface area contributed by atoms with Crippen molar-refractivity contribution in [3.63, 3.8) is 0 Å². The van der Waals surface area contributed by atoms with Crippen LogP contribution in [-0.2, 0) is 0 Å². The molecule has 1 aromatic carbocycles. The molecule has 0 heterocycles. The van der Waals surface area contributed by atoms with Gasteiger partial charge in [-0.3, -0.25) is 0 Å². The molecule has 1 aliphatic rings. The van der Waals surface area contributed by atoms with Crippen LogP contribution in [0.3, 0.4) is 0 Å². The SMILES string of the molecule is CCNC(C)c1ccc(SCC2CCCC2)cc1Cl. The van der Waals surface area contributed by atoms with E-state index < -0.39 is 0 Å². The predicted octanol–water partition coefficient (Wildman–Crippen LogP) is 5.29. The summed E-state index contributed by atoms with van der Waals surface area (Å²) in [6.45, 7) is 5.25. The molecule has 0 radical (unpaired) electrons. The van der Waals surface area contributed by atoms with Gasteiger partial charge in [0, 0.05) is 21.7 Å². The Balaban J connectivity index is 1.93. The Kier molecular flexibility index (Phi) is 6.06. The van der Waals surface area contributed by atoms with Crippen LogP contribution < -0.4 is 5.32 Å². The molecule has 1 N–H and O–H groups in total. The van der Waals surface area contributed by atoms with E-state index in [4.69, 9.17) is 11.6 Å². The molecule has 1 unspecified atom stereocenters. The summed E-state index contributed by atoms with van der Waals surface area (Å²) in [5, 5.41) is 4.30. The predicted molar refractivity (Wildman–Crippen MR) is 86.2 cm³/mol. The first-order valence-corrected chi connectivity index (χ1v) is 8.72. The lowest BCUT2D eigenvalue weighted by molar-refractivity contribution is 0.598. The molecule has 0 amide bonds. The second kappa shape index (κ2) is 7.56. The summed E-state index contributed by atoms with van der Waals surface area (Å²) in [6, 6.07) is 6.84. The summed E-state index contributed by atoms with van der Waals surface area (Å²) in [5.41, 5.74) is 1.20. The molecule has 0 aliphatic heterocycles. The maximum Gasteiger partial charge on any atom is 0.0464 e. The van der Waals surface area contributed by atoms with Gasteiger partial charge in [-0.25, -0.2) is 0 Å². The van der Waals surface area contributed by atoms with Gasteiger partial charge in [0.15, 0.2) is 0 Å². The maximum absolute atomic E-state index is 6.40. The Morgan fingerprint density at radius 2 is 2.11 bits per heavy atom. The molecule has 2 rings (SSSR count). The summed E-state index contributed by atoms with van der Waals surface area (Å²) in [4.78, 5) is 1.31. The third-order valence-electron chi connectivity index (χ3n) is 3.91. The van der Waals surface area contributed by atoms with Gasteiger partial charge in [0.25, 0.3) is 0 Å². The number of rotatable bonds is 6. The lowest BCUT2D eigenvalue weighted by atomic mass is 10.1. The number of halogens is 1. The molecule has 0 bridgehead atoms. The number of thioether (sulfide) groups is 1. The summed E-state index contributed by atoms with van der Waals surface area (Å²) in [7, 11) is 0. The van der Waals surface area contributed by atoms with Gasteiger partial charge >= 0.3 is 0 Å². The molecule has 1 aromatic rings. The third-order valence-corrected chi connectivity index (χ3v) is 5.46. The highest BCUT2D eigenvalue weighted by Crippen LogP contribution is 2.33.